The summed E-state index contributed by atoms with van der Waals surface area (Å²) in [4.78, 5) is 55.4. The monoisotopic (exact) mass is 597 g/mol. The van der Waals surface area contributed by atoms with Crippen molar-refractivity contribution in [3.8, 4) is 5.75 Å². The van der Waals surface area contributed by atoms with Gasteiger partial charge < -0.3 is 25.8 Å². The SMILES string of the molecule is CC(=O)NCCCCC(NC(C)=O)C(=O)Nc1ccc(COc2ccc3nc(C4=N[C@@H](C(=O)O)CS4)sc3c2)cc1. The zero-order chi connectivity index (χ0) is 29.4. The summed E-state index contributed by atoms with van der Waals surface area (Å²) in [5, 5.41) is 18.8. The highest BCUT2D eigenvalue weighted by atomic mass is 32.2. The number of fused-ring (bicyclic) bond motifs is 1. The molecule has 4 N–H and O–H groups in total. The molecule has 0 fully saturated rings. The molecule has 0 saturated heterocycles. The minimum absolute atomic E-state index is 0.0993. The van der Waals surface area contributed by atoms with Crippen LogP contribution in [0.3, 0.4) is 0 Å². The van der Waals surface area contributed by atoms with Crippen molar-refractivity contribution >= 4 is 67.7 Å². The van der Waals surface area contributed by atoms with Gasteiger partial charge in [0.15, 0.2) is 6.04 Å². The molecule has 0 radical (unpaired) electrons. The number of aliphatic carboxylic acids is 1. The first-order valence-corrected chi connectivity index (χ1v) is 14.9. The summed E-state index contributed by atoms with van der Waals surface area (Å²) in [5.41, 5.74) is 2.30. The van der Waals surface area contributed by atoms with E-state index in [0.717, 1.165) is 15.8 Å². The van der Waals surface area contributed by atoms with Crippen LogP contribution in [-0.4, -0.2) is 63.2 Å². The van der Waals surface area contributed by atoms with Crippen molar-refractivity contribution in [1.82, 2.24) is 15.6 Å². The fourth-order valence-corrected chi connectivity index (χ4v) is 6.13. The van der Waals surface area contributed by atoms with E-state index in [0.29, 0.717) is 59.7 Å². The summed E-state index contributed by atoms with van der Waals surface area (Å²) in [6.45, 7) is 3.67. The third kappa shape index (κ3) is 8.76. The predicted molar refractivity (Wildman–Crippen MR) is 160 cm³/mol. The number of nitrogens with one attached hydrogen (secondary N) is 3. The Morgan fingerprint density at radius 1 is 1.07 bits per heavy atom. The van der Waals surface area contributed by atoms with E-state index in [1.165, 1.54) is 36.9 Å². The number of aliphatic imine (C=N–C) groups is 1. The number of benzene rings is 2. The summed E-state index contributed by atoms with van der Waals surface area (Å²) in [5.74, 6) is -0.537. The summed E-state index contributed by atoms with van der Waals surface area (Å²) in [7, 11) is 0. The zero-order valence-corrected chi connectivity index (χ0v) is 24.3. The Balaban J connectivity index is 1.30. The molecule has 11 nitrogen and oxygen atoms in total. The van der Waals surface area contributed by atoms with Crippen LogP contribution >= 0.6 is 23.1 Å². The van der Waals surface area contributed by atoms with Gasteiger partial charge in [0.2, 0.25) is 17.7 Å². The van der Waals surface area contributed by atoms with E-state index in [9.17, 15) is 24.3 Å². The summed E-state index contributed by atoms with van der Waals surface area (Å²) in [6.07, 6.45) is 1.83. The van der Waals surface area contributed by atoms with Crippen LogP contribution in [0.25, 0.3) is 10.2 Å². The molecule has 0 saturated carbocycles. The third-order valence-electron chi connectivity index (χ3n) is 6.09. The van der Waals surface area contributed by atoms with E-state index in [1.807, 2.05) is 30.3 Å². The van der Waals surface area contributed by atoms with Crippen molar-refractivity contribution in [2.24, 2.45) is 4.99 Å². The molecule has 2 heterocycles. The first kappa shape index (κ1) is 30.0. The molecule has 2 atom stereocenters. The number of carbonyl (C=O) groups is 4. The highest BCUT2D eigenvalue weighted by Gasteiger charge is 2.27. The second-order valence-electron chi connectivity index (χ2n) is 9.45. The highest BCUT2D eigenvalue weighted by Crippen LogP contribution is 2.32. The average molecular weight is 598 g/mol. The quantitative estimate of drug-likeness (QED) is 0.218. The lowest BCUT2D eigenvalue weighted by Gasteiger charge is -2.18. The molecule has 0 bridgehead atoms. The molecule has 2 aromatic carbocycles. The van der Waals surface area contributed by atoms with Crippen LogP contribution in [0, 0.1) is 0 Å². The first-order valence-electron chi connectivity index (χ1n) is 13.1. The molecule has 0 spiro atoms. The fourth-order valence-electron chi connectivity index (χ4n) is 4.04. The van der Waals surface area contributed by atoms with Crippen LogP contribution in [-0.2, 0) is 25.8 Å². The second-order valence-corrected chi connectivity index (χ2v) is 11.5. The third-order valence-corrected chi connectivity index (χ3v) is 8.30. The number of anilines is 1. The maximum atomic E-state index is 12.8. The first-order chi connectivity index (χ1) is 19.7. The molecule has 4 rings (SSSR count). The summed E-state index contributed by atoms with van der Waals surface area (Å²) >= 11 is 2.85. The molecule has 1 unspecified atom stereocenters. The minimum atomic E-state index is -0.930. The highest BCUT2D eigenvalue weighted by molar-refractivity contribution is 8.15. The van der Waals surface area contributed by atoms with E-state index in [-0.39, 0.29) is 17.7 Å². The Labute approximate surface area is 245 Å². The van der Waals surface area contributed by atoms with Crippen molar-refractivity contribution < 1.29 is 29.0 Å². The number of thiazole rings is 1. The molecule has 0 aliphatic carbocycles. The van der Waals surface area contributed by atoms with E-state index in [4.69, 9.17) is 4.74 Å². The molecule has 3 aromatic rings. The van der Waals surface area contributed by atoms with Crippen molar-refractivity contribution in [2.45, 2.75) is 51.8 Å². The van der Waals surface area contributed by atoms with Gasteiger partial charge in [0.25, 0.3) is 0 Å². The van der Waals surface area contributed by atoms with Crippen molar-refractivity contribution in [3.63, 3.8) is 0 Å². The normalized spacial score (nSPS) is 15.2. The van der Waals surface area contributed by atoms with E-state index >= 15 is 0 Å². The summed E-state index contributed by atoms with van der Waals surface area (Å²) in [6, 6.07) is 11.5. The lowest BCUT2D eigenvalue weighted by atomic mass is 10.1. The largest absolute Gasteiger partial charge is 0.489 e. The maximum Gasteiger partial charge on any atom is 0.329 e. The van der Waals surface area contributed by atoms with Crippen LogP contribution in [0.4, 0.5) is 5.69 Å². The van der Waals surface area contributed by atoms with Gasteiger partial charge in [-0.2, -0.15) is 0 Å². The second kappa shape index (κ2) is 14.1. The number of unbranched alkanes of at least 4 members (excludes halogenated alkanes) is 1. The number of amides is 3. The Bertz CT molecular complexity index is 1460. The van der Waals surface area contributed by atoms with Crippen LogP contribution in [0.5, 0.6) is 5.75 Å². The van der Waals surface area contributed by atoms with Gasteiger partial charge in [0, 0.05) is 31.8 Å². The maximum absolute atomic E-state index is 12.8. The topological polar surface area (TPSA) is 159 Å². The van der Waals surface area contributed by atoms with E-state index in [2.05, 4.69) is 25.9 Å². The lowest BCUT2D eigenvalue weighted by molar-refractivity contribution is -0.137. The van der Waals surface area contributed by atoms with E-state index in [1.54, 1.807) is 12.1 Å². The van der Waals surface area contributed by atoms with Gasteiger partial charge in [0.05, 0.1) is 10.2 Å². The van der Waals surface area contributed by atoms with Crippen LogP contribution in [0.15, 0.2) is 47.5 Å². The number of rotatable bonds is 13. The number of carboxylic acids is 1. The fraction of sp³-hybridized carbons (Fsp3) is 0.357. The van der Waals surface area contributed by atoms with Gasteiger partial charge in [-0.15, -0.1) is 23.1 Å². The van der Waals surface area contributed by atoms with Crippen LogP contribution in [0.1, 0.15) is 43.7 Å². The van der Waals surface area contributed by atoms with Gasteiger partial charge in [-0.1, -0.05) is 12.1 Å². The number of nitrogens with zero attached hydrogens (tertiary/aromatic N) is 2. The molecular weight excluding hydrogens is 566 g/mol. The van der Waals surface area contributed by atoms with Crippen molar-refractivity contribution in [2.75, 3.05) is 17.6 Å². The molecule has 3 amide bonds. The Morgan fingerprint density at radius 3 is 2.54 bits per heavy atom. The van der Waals surface area contributed by atoms with Crippen molar-refractivity contribution in [1.29, 1.82) is 0 Å². The molecule has 1 aliphatic heterocycles. The number of carboxylic acid groups (broad SMARTS) is 1. The number of aromatic nitrogens is 1. The van der Waals surface area contributed by atoms with Gasteiger partial charge in [-0.25, -0.2) is 9.78 Å². The molecule has 1 aliphatic rings. The van der Waals surface area contributed by atoms with Gasteiger partial charge >= 0.3 is 5.97 Å². The lowest BCUT2D eigenvalue weighted by Crippen LogP contribution is -2.42. The minimum Gasteiger partial charge on any atom is -0.489 e. The number of hydrogen-bond donors (Lipinski definition) is 4. The smallest absolute Gasteiger partial charge is 0.329 e. The van der Waals surface area contributed by atoms with Gasteiger partial charge in [0.1, 0.15) is 28.4 Å². The molecular formula is C28H31N5O6S2. The molecule has 13 heteroatoms. The molecule has 41 heavy (non-hydrogen) atoms. The van der Waals surface area contributed by atoms with Crippen molar-refractivity contribution in [3.05, 3.63) is 53.0 Å². The Kier molecular flexibility index (Phi) is 10.3. The standard InChI is InChI=1S/C28H31N5O6S2/c1-16(34)29-12-4-3-5-22(30-17(2)35)25(36)31-19-8-6-18(7-9-19)14-39-20-10-11-21-24(13-20)41-27(32-21)26-33-23(15-40-26)28(37)38/h6-11,13,22-23H,3-5,12,14-15H2,1-2H3,(H,29,34)(H,30,35)(H,31,36)(H,37,38)/t22?,23-/m1/s1. The van der Waals surface area contributed by atoms with Gasteiger partial charge in [-0.05, 0) is 55.2 Å². The predicted octanol–water partition coefficient (Wildman–Crippen LogP) is 3.57. The van der Waals surface area contributed by atoms with Crippen LogP contribution in [0.2, 0.25) is 0 Å². The molecule has 1 aromatic heterocycles. The Hall–Kier alpha value is -3.97. The van der Waals surface area contributed by atoms with E-state index < -0.39 is 18.1 Å². The number of thioether (sulfide) groups is 1. The average Bonchev–Trinajstić information content (AvgIpc) is 3.59. The number of ether oxygens (including phenoxy) is 1. The zero-order valence-electron chi connectivity index (χ0n) is 22.6. The molecule has 216 valence electrons. The van der Waals surface area contributed by atoms with Gasteiger partial charge in [-0.3, -0.25) is 19.4 Å². The number of hydrogen-bond acceptors (Lipinski definition) is 9. The van der Waals surface area contributed by atoms with Crippen LogP contribution < -0.4 is 20.7 Å². The number of carbonyl (C=O) groups excluding carboxylic acids is 3. The summed E-state index contributed by atoms with van der Waals surface area (Å²) < 4.78 is 6.89. The Morgan fingerprint density at radius 2 is 1.85 bits per heavy atom.